The topological polar surface area (TPSA) is 67.6 Å². The number of thioether (sulfide) groups is 1. The predicted octanol–water partition coefficient (Wildman–Crippen LogP) is 2.70. The van der Waals surface area contributed by atoms with E-state index in [2.05, 4.69) is 15.2 Å². The van der Waals surface area contributed by atoms with E-state index in [-0.39, 0.29) is 11.3 Å². The second kappa shape index (κ2) is 5.18. The van der Waals surface area contributed by atoms with E-state index in [9.17, 15) is 0 Å². The molecule has 3 N–H and O–H groups in total. The summed E-state index contributed by atoms with van der Waals surface area (Å²) in [6.07, 6.45) is 1.49. The Kier molecular flexibility index (Phi) is 3.86. The van der Waals surface area contributed by atoms with Gasteiger partial charge in [0, 0.05) is 10.9 Å². The van der Waals surface area contributed by atoms with Crippen LogP contribution in [0.1, 0.15) is 17.1 Å². The van der Waals surface area contributed by atoms with Gasteiger partial charge in [0.1, 0.15) is 6.33 Å². The molecule has 2 aromatic rings. The highest BCUT2D eigenvalue weighted by molar-refractivity contribution is 7.99. The molecular formula is C9H11ClN4S2. The molecule has 2 atom stereocenters. The maximum absolute atomic E-state index is 5.98. The number of H-pyrrole nitrogens is 1. The number of nitrogens with one attached hydrogen (secondary N) is 1. The summed E-state index contributed by atoms with van der Waals surface area (Å²) in [4.78, 5) is 5.24. The van der Waals surface area contributed by atoms with Gasteiger partial charge in [0.2, 0.25) is 0 Å². The molecule has 2 aromatic heterocycles. The molecule has 86 valence electrons. The van der Waals surface area contributed by atoms with Gasteiger partial charge in [-0.3, -0.25) is 5.10 Å². The van der Waals surface area contributed by atoms with Gasteiger partial charge in [-0.2, -0.15) is 5.10 Å². The molecule has 16 heavy (non-hydrogen) atoms. The lowest BCUT2D eigenvalue weighted by atomic mass is 10.2. The van der Waals surface area contributed by atoms with Crippen molar-refractivity contribution in [3.05, 3.63) is 27.7 Å². The van der Waals surface area contributed by atoms with Crippen molar-refractivity contribution in [2.24, 2.45) is 5.73 Å². The lowest BCUT2D eigenvalue weighted by molar-refractivity contribution is 0.726. The molecule has 0 spiro atoms. The fraction of sp³-hybridized carbons (Fsp3) is 0.333. The summed E-state index contributed by atoms with van der Waals surface area (Å²) in [6.45, 7) is 1.97. The van der Waals surface area contributed by atoms with Crippen LogP contribution in [-0.2, 0) is 0 Å². The smallest absolute Gasteiger partial charge is 0.184 e. The van der Waals surface area contributed by atoms with Crippen molar-refractivity contribution in [3.63, 3.8) is 0 Å². The number of hydrogen-bond acceptors (Lipinski definition) is 5. The van der Waals surface area contributed by atoms with Crippen molar-refractivity contribution in [3.8, 4) is 0 Å². The lowest BCUT2D eigenvalue weighted by Crippen LogP contribution is -2.21. The van der Waals surface area contributed by atoms with Crippen LogP contribution in [0.25, 0.3) is 0 Å². The van der Waals surface area contributed by atoms with E-state index in [4.69, 9.17) is 17.3 Å². The van der Waals surface area contributed by atoms with Crippen LogP contribution in [0, 0.1) is 0 Å². The zero-order valence-corrected chi connectivity index (χ0v) is 10.9. The Morgan fingerprint density at radius 2 is 2.38 bits per heavy atom. The Balaban J connectivity index is 2.18. The van der Waals surface area contributed by atoms with Crippen molar-refractivity contribution >= 4 is 34.7 Å². The number of hydrogen-bond donors (Lipinski definition) is 2. The number of nitrogens with zero attached hydrogens (tertiary/aromatic N) is 2. The number of halogens is 1. The third kappa shape index (κ3) is 2.76. The fourth-order valence-electron chi connectivity index (χ4n) is 1.28. The zero-order valence-electron chi connectivity index (χ0n) is 8.55. The van der Waals surface area contributed by atoms with Crippen LogP contribution in [-0.4, -0.2) is 21.2 Å². The first-order valence-corrected chi connectivity index (χ1v) is 6.77. The van der Waals surface area contributed by atoms with E-state index < -0.39 is 0 Å². The Labute approximate surface area is 107 Å². The second-order valence-corrected chi connectivity index (χ2v) is 6.21. The molecule has 0 fully saturated rings. The van der Waals surface area contributed by atoms with Crippen LogP contribution < -0.4 is 5.73 Å². The van der Waals surface area contributed by atoms with E-state index in [0.717, 1.165) is 14.4 Å². The normalized spacial score (nSPS) is 14.9. The average Bonchev–Trinajstić information content (AvgIpc) is 2.84. The minimum absolute atomic E-state index is 0.0183. The highest BCUT2D eigenvalue weighted by atomic mass is 35.5. The van der Waals surface area contributed by atoms with Crippen LogP contribution >= 0.6 is 34.7 Å². The van der Waals surface area contributed by atoms with Crippen LogP contribution in [0.2, 0.25) is 4.34 Å². The third-order valence-corrected chi connectivity index (χ3v) is 4.80. The van der Waals surface area contributed by atoms with Crippen molar-refractivity contribution in [1.29, 1.82) is 0 Å². The van der Waals surface area contributed by atoms with Gasteiger partial charge in [-0.05, 0) is 19.1 Å². The molecule has 0 aliphatic heterocycles. The molecule has 0 bridgehead atoms. The Morgan fingerprint density at radius 3 is 2.88 bits per heavy atom. The molecule has 0 aliphatic carbocycles. The highest BCUT2D eigenvalue weighted by Gasteiger charge is 2.20. The molecule has 0 radical (unpaired) electrons. The minimum atomic E-state index is 0.0183. The van der Waals surface area contributed by atoms with Gasteiger partial charge in [-0.15, -0.1) is 11.3 Å². The van der Waals surface area contributed by atoms with Crippen molar-refractivity contribution in [1.82, 2.24) is 15.2 Å². The number of thiophene rings is 1. The summed E-state index contributed by atoms with van der Waals surface area (Å²) in [5.74, 6) is 0. The van der Waals surface area contributed by atoms with Crippen molar-refractivity contribution in [2.75, 3.05) is 0 Å². The number of aromatic amines is 1. The Bertz CT molecular complexity index is 440. The SMILES string of the molecule is CC(N)C(Sc1ncn[nH]1)c1ccc(Cl)s1. The first-order valence-electron chi connectivity index (χ1n) is 4.69. The van der Waals surface area contributed by atoms with Crippen LogP contribution in [0.15, 0.2) is 23.6 Å². The summed E-state index contributed by atoms with van der Waals surface area (Å²) in [6, 6.07) is 3.91. The number of rotatable bonds is 4. The van der Waals surface area contributed by atoms with Gasteiger partial charge >= 0.3 is 0 Å². The Morgan fingerprint density at radius 1 is 1.56 bits per heavy atom. The van der Waals surface area contributed by atoms with E-state index in [1.807, 2.05) is 19.1 Å². The molecule has 2 rings (SSSR count). The molecular weight excluding hydrogens is 264 g/mol. The largest absolute Gasteiger partial charge is 0.327 e. The molecule has 0 aromatic carbocycles. The fourth-order valence-corrected chi connectivity index (χ4v) is 3.59. The molecule has 0 aliphatic rings. The van der Waals surface area contributed by atoms with E-state index in [0.29, 0.717) is 0 Å². The van der Waals surface area contributed by atoms with Gasteiger partial charge in [0.15, 0.2) is 5.16 Å². The molecule has 2 unspecified atom stereocenters. The number of nitrogens with two attached hydrogens (primary N) is 1. The standard InChI is InChI=1S/C9H11ClN4S2/c1-5(11)8(6-2-3-7(10)15-6)16-9-12-4-13-14-9/h2-5,8H,11H2,1H3,(H,12,13,14). The molecule has 0 saturated heterocycles. The van der Waals surface area contributed by atoms with Gasteiger partial charge in [-0.25, -0.2) is 4.98 Å². The van der Waals surface area contributed by atoms with Crippen molar-refractivity contribution < 1.29 is 0 Å². The molecule has 7 heteroatoms. The van der Waals surface area contributed by atoms with E-state index >= 15 is 0 Å². The number of aromatic nitrogens is 3. The van der Waals surface area contributed by atoms with Gasteiger partial charge in [0.05, 0.1) is 9.59 Å². The zero-order chi connectivity index (χ0) is 11.5. The molecule has 0 amide bonds. The maximum atomic E-state index is 5.98. The summed E-state index contributed by atoms with van der Waals surface area (Å²) >= 11 is 9.04. The van der Waals surface area contributed by atoms with Crippen molar-refractivity contribution in [2.45, 2.75) is 23.4 Å². The first kappa shape index (κ1) is 11.9. The second-order valence-electron chi connectivity index (χ2n) is 3.33. The summed E-state index contributed by atoms with van der Waals surface area (Å²) < 4.78 is 0.777. The quantitative estimate of drug-likeness (QED) is 0.841. The minimum Gasteiger partial charge on any atom is -0.327 e. The van der Waals surface area contributed by atoms with Crippen LogP contribution in [0.5, 0.6) is 0 Å². The summed E-state index contributed by atoms with van der Waals surface area (Å²) in [5, 5.41) is 7.54. The molecule has 2 heterocycles. The predicted molar refractivity (Wildman–Crippen MR) is 68.0 cm³/mol. The monoisotopic (exact) mass is 274 g/mol. The maximum Gasteiger partial charge on any atom is 0.184 e. The van der Waals surface area contributed by atoms with E-state index in [1.54, 1.807) is 23.1 Å². The van der Waals surface area contributed by atoms with Crippen LogP contribution in [0.3, 0.4) is 0 Å². The molecule has 4 nitrogen and oxygen atoms in total. The first-order chi connectivity index (χ1) is 7.66. The summed E-state index contributed by atoms with van der Waals surface area (Å²) in [7, 11) is 0. The van der Waals surface area contributed by atoms with Gasteiger partial charge < -0.3 is 5.73 Å². The summed E-state index contributed by atoms with van der Waals surface area (Å²) in [5.41, 5.74) is 5.98. The van der Waals surface area contributed by atoms with Gasteiger partial charge in [0.25, 0.3) is 0 Å². The highest BCUT2D eigenvalue weighted by Crippen LogP contribution is 2.39. The lowest BCUT2D eigenvalue weighted by Gasteiger charge is -2.17. The van der Waals surface area contributed by atoms with E-state index in [1.165, 1.54) is 6.33 Å². The Hall–Kier alpha value is -0.560. The third-order valence-electron chi connectivity index (χ3n) is 1.98. The average molecular weight is 275 g/mol. The van der Waals surface area contributed by atoms with Crippen LogP contribution in [0.4, 0.5) is 0 Å². The molecule has 0 saturated carbocycles. The van der Waals surface area contributed by atoms with Gasteiger partial charge in [-0.1, -0.05) is 23.4 Å².